The van der Waals surface area contributed by atoms with Gasteiger partial charge in [-0.15, -0.1) is 0 Å². The Labute approximate surface area is 132 Å². The van der Waals surface area contributed by atoms with Crippen LogP contribution in [0.5, 0.6) is 0 Å². The molecular formula is C16H16N4O3. The molecule has 3 aromatic heterocycles. The fourth-order valence-electron chi connectivity index (χ4n) is 2.90. The van der Waals surface area contributed by atoms with Crippen LogP contribution in [-0.4, -0.2) is 38.6 Å². The summed E-state index contributed by atoms with van der Waals surface area (Å²) in [6.45, 7) is 1.29. The van der Waals surface area contributed by atoms with Gasteiger partial charge in [-0.3, -0.25) is 4.79 Å². The standard InChI is InChI=1S/C16H16N4O3/c1-19-7-2-4-12(19)16(21)20-8-6-11(10-20)14-17-15(23-18-14)13-5-3-9-22-13/h2-5,7,9,11H,6,8,10H2,1H3. The van der Waals surface area contributed by atoms with Crippen molar-refractivity contribution in [3.05, 3.63) is 48.2 Å². The van der Waals surface area contributed by atoms with Crippen molar-refractivity contribution >= 4 is 5.91 Å². The molecule has 4 heterocycles. The van der Waals surface area contributed by atoms with Gasteiger partial charge in [-0.25, -0.2) is 0 Å². The largest absolute Gasteiger partial charge is 0.459 e. The van der Waals surface area contributed by atoms with Gasteiger partial charge in [-0.05, 0) is 30.7 Å². The number of carbonyl (C=O) groups is 1. The molecule has 1 amide bonds. The van der Waals surface area contributed by atoms with E-state index in [9.17, 15) is 4.79 Å². The summed E-state index contributed by atoms with van der Waals surface area (Å²) in [6.07, 6.45) is 4.26. The van der Waals surface area contributed by atoms with Crippen LogP contribution < -0.4 is 0 Å². The van der Waals surface area contributed by atoms with Crippen molar-refractivity contribution in [2.45, 2.75) is 12.3 Å². The zero-order chi connectivity index (χ0) is 15.8. The van der Waals surface area contributed by atoms with E-state index in [-0.39, 0.29) is 11.8 Å². The summed E-state index contributed by atoms with van der Waals surface area (Å²) in [7, 11) is 1.87. The molecule has 23 heavy (non-hydrogen) atoms. The molecular weight excluding hydrogens is 296 g/mol. The van der Waals surface area contributed by atoms with E-state index in [1.54, 1.807) is 18.4 Å². The first kappa shape index (κ1) is 13.8. The average Bonchev–Trinajstić information content (AvgIpc) is 3.31. The van der Waals surface area contributed by atoms with Crippen LogP contribution in [0.1, 0.15) is 28.7 Å². The molecule has 0 saturated carbocycles. The van der Waals surface area contributed by atoms with Gasteiger partial charge < -0.3 is 18.4 Å². The SMILES string of the molecule is Cn1cccc1C(=O)N1CCC(c2noc(-c3ccco3)n2)C1. The Morgan fingerprint density at radius 3 is 3.00 bits per heavy atom. The van der Waals surface area contributed by atoms with Crippen molar-refractivity contribution in [3.63, 3.8) is 0 Å². The molecule has 0 N–H and O–H groups in total. The molecule has 1 unspecified atom stereocenters. The number of hydrogen-bond acceptors (Lipinski definition) is 5. The van der Waals surface area contributed by atoms with Crippen LogP contribution in [0.25, 0.3) is 11.7 Å². The van der Waals surface area contributed by atoms with Crippen LogP contribution in [0.2, 0.25) is 0 Å². The summed E-state index contributed by atoms with van der Waals surface area (Å²) >= 11 is 0. The van der Waals surface area contributed by atoms with Gasteiger partial charge in [-0.2, -0.15) is 4.98 Å². The number of nitrogens with zero attached hydrogens (tertiary/aromatic N) is 4. The normalized spacial score (nSPS) is 17.8. The lowest BCUT2D eigenvalue weighted by Gasteiger charge is -2.16. The summed E-state index contributed by atoms with van der Waals surface area (Å²) in [5.74, 6) is 1.68. The van der Waals surface area contributed by atoms with Crippen molar-refractivity contribution in [1.82, 2.24) is 19.6 Å². The fraction of sp³-hybridized carbons (Fsp3) is 0.312. The maximum Gasteiger partial charge on any atom is 0.293 e. The highest BCUT2D eigenvalue weighted by atomic mass is 16.5. The lowest BCUT2D eigenvalue weighted by atomic mass is 10.1. The zero-order valence-corrected chi connectivity index (χ0v) is 12.7. The average molecular weight is 312 g/mol. The van der Waals surface area contributed by atoms with E-state index >= 15 is 0 Å². The number of aromatic nitrogens is 3. The van der Waals surface area contributed by atoms with Crippen LogP contribution >= 0.6 is 0 Å². The predicted molar refractivity (Wildman–Crippen MR) is 80.7 cm³/mol. The van der Waals surface area contributed by atoms with Gasteiger partial charge in [0.25, 0.3) is 11.8 Å². The molecule has 1 aliphatic heterocycles. The summed E-state index contributed by atoms with van der Waals surface area (Å²) < 4.78 is 12.3. The summed E-state index contributed by atoms with van der Waals surface area (Å²) in [6, 6.07) is 7.25. The first-order chi connectivity index (χ1) is 11.2. The van der Waals surface area contributed by atoms with Gasteiger partial charge in [0.2, 0.25) is 0 Å². The van der Waals surface area contributed by atoms with E-state index in [2.05, 4.69) is 10.1 Å². The third kappa shape index (κ3) is 2.44. The lowest BCUT2D eigenvalue weighted by molar-refractivity contribution is 0.0781. The molecule has 7 nitrogen and oxygen atoms in total. The smallest absolute Gasteiger partial charge is 0.293 e. The first-order valence-electron chi connectivity index (χ1n) is 7.50. The fourth-order valence-corrected chi connectivity index (χ4v) is 2.90. The van der Waals surface area contributed by atoms with Crippen LogP contribution in [0, 0.1) is 0 Å². The Balaban J connectivity index is 1.48. The van der Waals surface area contributed by atoms with Crippen LogP contribution in [-0.2, 0) is 7.05 Å². The van der Waals surface area contributed by atoms with Crippen molar-refractivity contribution in [2.75, 3.05) is 13.1 Å². The maximum absolute atomic E-state index is 12.5. The minimum absolute atomic E-state index is 0.0368. The van der Waals surface area contributed by atoms with Crippen LogP contribution in [0.3, 0.4) is 0 Å². The van der Waals surface area contributed by atoms with Crippen molar-refractivity contribution < 1.29 is 13.7 Å². The molecule has 4 rings (SSSR count). The lowest BCUT2D eigenvalue weighted by Crippen LogP contribution is -2.29. The van der Waals surface area contributed by atoms with Crippen molar-refractivity contribution in [1.29, 1.82) is 0 Å². The molecule has 3 aromatic rings. The molecule has 0 radical (unpaired) electrons. The molecule has 1 fully saturated rings. The third-order valence-corrected chi connectivity index (χ3v) is 4.18. The van der Waals surface area contributed by atoms with Gasteiger partial charge >= 0.3 is 0 Å². The van der Waals surface area contributed by atoms with E-state index in [1.165, 1.54) is 0 Å². The predicted octanol–water partition coefficient (Wildman–Crippen LogP) is 2.30. The highest BCUT2D eigenvalue weighted by molar-refractivity contribution is 5.93. The highest BCUT2D eigenvalue weighted by Crippen LogP contribution is 2.28. The van der Waals surface area contributed by atoms with E-state index in [4.69, 9.17) is 8.94 Å². The maximum atomic E-state index is 12.5. The van der Waals surface area contributed by atoms with E-state index < -0.39 is 0 Å². The van der Waals surface area contributed by atoms with Gasteiger partial charge in [0.1, 0.15) is 5.69 Å². The Bertz CT molecular complexity index is 818. The molecule has 0 aromatic carbocycles. The van der Waals surface area contributed by atoms with Crippen molar-refractivity contribution in [2.24, 2.45) is 7.05 Å². The second-order valence-electron chi connectivity index (χ2n) is 5.68. The molecule has 7 heteroatoms. The topological polar surface area (TPSA) is 77.3 Å². The Hall–Kier alpha value is -2.83. The highest BCUT2D eigenvalue weighted by Gasteiger charge is 2.32. The molecule has 0 spiro atoms. The molecule has 118 valence electrons. The number of rotatable bonds is 3. The number of furan rings is 1. The number of carbonyl (C=O) groups excluding carboxylic acids is 1. The Morgan fingerprint density at radius 1 is 1.35 bits per heavy atom. The minimum Gasteiger partial charge on any atom is -0.459 e. The number of amides is 1. The van der Waals surface area contributed by atoms with Crippen LogP contribution in [0.15, 0.2) is 45.7 Å². The third-order valence-electron chi connectivity index (χ3n) is 4.18. The number of hydrogen-bond donors (Lipinski definition) is 0. The summed E-state index contributed by atoms with van der Waals surface area (Å²) in [4.78, 5) is 18.8. The zero-order valence-electron chi connectivity index (χ0n) is 12.7. The van der Waals surface area contributed by atoms with Crippen LogP contribution in [0.4, 0.5) is 0 Å². The molecule has 1 aliphatic rings. The Morgan fingerprint density at radius 2 is 2.26 bits per heavy atom. The molecule has 0 bridgehead atoms. The number of likely N-dealkylation sites (tertiary alicyclic amines) is 1. The van der Waals surface area contributed by atoms with E-state index in [1.807, 2.05) is 34.8 Å². The second kappa shape index (κ2) is 5.42. The summed E-state index contributed by atoms with van der Waals surface area (Å²) in [5.41, 5.74) is 0.690. The Kier molecular flexibility index (Phi) is 3.25. The van der Waals surface area contributed by atoms with E-state index in [0.29, 0.717) is 36.3 Å². The minimum atomic E-state index is 0.0368. The second-order valence-corrected chi connectivity index (χ2v) is 5.68. The molecule has 1 atom stereocenters. The molecule has 0 aliphatic carbocycles. The number of aryl methyl sites for hydroxylation is 1. The molecule has 1 saturated heterocycles. The quantitative estimate of drug-likeness (QED) is 0.741. The van der Waals surface area contributed by atoms with Gasteiger partial charge in [-0.1, -0.05) is 5.16 Å². The van der Waals surface area contributed by atoms with Crippen molar-refractivity contribution in [3.8, 4) is 11.7 Å². The monoisotopic (exact) mass is 312 g/mol. The van der Waals surface area contributed by atoms with Gasteiger partial charge in [0.15, 0.2) is 11.6 Å². The van der Waals surface area contributed by atoms with Gasteiger partial charge in [0.05, 0.1) is 6.26 Å². The van der Waals surface area contributed by atoms with E-state index in [0.717, 1.165) is 6.42 Å². The first-order valence-corrected chi connectivity index (χ1v) is 7.50. The summed E-state index contributed by atoms with van der Waals surface area (Å²) in [5, 5.41) is 4.04. The van der Waals surface area contributed by atoms with Gasteiger partial charge in [0, 0.05) is 32.3 Å².